The number of aliphatic carboxylic acids is 1. The Labute approximate surface area is 109 Å². The first-order valence-corrected chi connectivity index (χ1v) is 5.44. The largest absolute Gasteiger partial charge is 0.493 e. The summed E-state index contributed by atoms with van der Waals surface area (Å²) in [5, 5.41) is 9.03. The van der Waals surface area contributed by atoms with E-state index in [1.54, 1.807) is 18.2 Å². The van der Waals surface area contributed by atoms with Crippen LogP contribution in [-0.4, -0.2) is 37.9 Å². The standard InChI is InChI=1S/C13H12O6/c1-17-9-4-3-7(5-10(9)18-2)8-6-19-13(16)11(8)12(14)15/h3-5H,6H2,1-2H3,(H,14,15). The molecule has 1 aliphatic rings. The van der Waals surface area contributed by atoms with Crippen molar-refractivity contribution in [2.24, 2.45) is 0 Å². The van der Waals surface area contributed by atoms with Gasteiger partial charge < -0.3 is 19.3 Å². The van der Waals surface area contributed by atoms with Crippen molar-refractivity contribution in [2.45, 2.75) is 0 Å². The van der Waals surface area contributed by atoms with E-state index in [4.69, 9.17) is 19.3 Å². The van der Waals surface area contributed by atoms with Crippen molar-refractivity contribution in [3.63, 3.8) is 0 Å². The van der Waals surface area contributed by atoms with Gasteiger partial charge in [-0.05, 0) is 17.7 Å². The highest BCUT2D eigenvalue weighted by Gasteiger charge is 2.31. The average Bonchev–Trinajstić information content (AvgIpc) is 2.79. The molecule has 0 saturated carbocycles. The molecule has 1 N–H and O–H groups in total. The second-order valence-electron chi connectivity index (χ2n) is 3.80. The van der Waals surface area contributed by atoms with Gasteiger partial charge in [0, 0.05) is 5.57 Å². The average molecular weight is 264 g/mol. The first-order valence-electron chi connectivity index (χ1n) is 5.44. The van der Waals surface area contributed by atoms with E-state index < -0.39 is 11.9 Å². The fraction of sp³-hybridized carbons (Fsp3) is 0.231. The summed E-state index contributed by atoms with van der Waals surface area (Å²) in [6.45, 7) is -0.0596. The summed E-state index contributed by atoms with van der Waals surface area (Å²) in [6, 6.07) is 4.91. The molecule has 6 nitrogen and oxygen atoms in total. The van der Waals surface area contributed by atoms with Crippen LogP contribution < -0.4 is 9.47 Å². The van der Waals surface area contributed by atoms with E-state index >= 15 is 0 Å². The third kappa shape index (κ3) is 2.24. The zero-order chi connectivity index (χ0) is 14.0. The molecule has 1 heterocycles. The lowest BCUT2D eigenvalue weighted by Crippen LogP contribution is -2.09. The van der Waals surface area contributed by atoms with Crippen LogP contribution in [0.25, 0.3) is 5.57 Å². The molecule has 6 heteroatoms. The topological polar surface area (TPSA) is 82.1 Å². The van der Waals surface area contributed by atoms with Gasteiger partial charge in [-0.2, -0.15) is 0 Å². The van der Waals surface area contributed by atoms with Gasteiger partial charge in [-0.3, -0.25) is 0 Å². The maximum atomic E-state index is 11.4. The Morgan fingerprint density at radius 1 is 1.26 bits per heavy atom. The predicted octanol–water partition coefficient (Wildman–Crippen LogP) is 1.10. The summed E-state index contributed by atoms with van der Waals surface area (Å²) in [6.07, 6.45) is 0. The lowest BCUT2D eigenvalue weighted by molar-refractivity contribution is -0.141. The number of rotatable bonds is 4. The normalized spacial score (nSPS) is 14.3. The van der Waals surface area contributed by atoms with Crippen LogP contribution in [0.2, 0.25) is 0 Å². The summed E-state index contributed by atoms with van der Waals surface area (Å²) in [5.74, 6) is -1.14. The fourth-order valence-electron chi connectivity index (χ4n) is 1.87. The minimum atomic E-state index is -1.30. The van der Waals surface area contributed by atoms with Crippen LogP contribution in [-0.2, 0) is 14.3 Å². The van der Waals surface area contributed by atoms with Crippen LogP contribution in [0.1, 0.15) is 5.56 Å². The predicted molar refractivity (Wildman–Crippen MR) is 65.1 cm³/mol. The van der Waals surface area contributed by atoms with Crippen LogP contribution >= 0.6 is 0 Å². The Balaban J connectivity index is 2.53. The monoisotopic (exact) mass is 264 g/mol. The van der Waals surface area contributed by atoms with Crippen molar-refractivity contribution in [1.29, 1.82) is 0 Å². The summed E-state index contributed by atoms with van der Waals surface area (Å²) in [7, 11) is 2.98. The molecule has 19 heavy (non-hydrogen) atoms. The van der Waals surface area contributed by atoms with Crippen LogP contribution in [0.4, 0.5) is 0 Å². The minimum Gasteiger partial charge on any atom is -0.493 e. The number of hydrogen-bond acceptors (Lipinski definition) is 5. The Kier molecular flexibility index (Phi) is 3.41. The Morgan fingerprint density at radius 2 is 1.95 bits per heavy atom. The Bertz CT molecular complexity index is 572. The van der Waals surface area contributed by atoms with E-state index in [0.717, 1.165) is 0 Å². The van der Waals surface area contributed by atoms with Crippen LogP contribution in [0.3, 0.4) is 0 Å². The van der Waals surface area contributed by atoms with Gasteiger partial charge in [0.15, 0.2) is 17.1 Å². The highest BCUT2D eigenvalue weighted by atomic mass is 16.5. The molecule has 0 aliphatic carbocycles. The van der Waals surface area contributed by atoms with Gasteiger partial charge in [-0.15, -0.1) is 0 Å². The van der Waals surface area contributed by atoms with Gasteiger partial charge in [0.1, 0.15) is 6.61 Å². The number of benzene rings is 1. The zero-order valence-corrected chi connectivity index (χ0v) is 10.4. The summed E-state index contributed by atoms with van der Waals surface area (Å²) < 4.78 is 15.0. The molecule has 0 amide bonds. The second kappa shape index (κ2) is 5.01. The Hall–Kier alpha value is -2.50. The van der Waals surface area contributed by atoms with E-state index in [0.29, 0.717) is 22.6 Å². The molecule has 0 spiro atoms. The van der Waals surface area contributed by atoms with Crippen molar-refractivity contribution in [3.8, 4) is 11.5 Å². The molecule has 1 aromatic carbocycles. The number of carbonyl (C=O) groups is 2. The number of carboxylic acid groups (broad SMARTS) is 1. The van der Waals surface area contributed by atoms with Gasteiger partial charge in [-0.25, -0.2) is 9.59 Å². The lowest BCUT2D eigenvalue weighted by Gasteiger charge is -2.09. The molecule has 0 atom stereocenters. The van der Waals surface area contributed by atoms with Crippen molar-refractivity contribution in [3.05, 3.63) is 29.3 Å². The quantitative estimate of drug-likeness (QED) is 0.647. The number of esters is 1. The zero-order valence-electron chi connectivity index (χ0n) is 10.4. The highest BCUT2D eigenvalue weighted by Crippen LogP contribution is 2.33. The molecule has 1 aromatic rings. The van der Waals surface area contributed by atoms with E-state index in [1.165, 1.54) is 14.2 Å². The third-order valence-electron chi connectivity index (χ3n) is 2.80. The molecule has 100 valence electrons. The van der Waals surface area contributed by atoms with E-state index in [1.807, 2.05) is 0 Å². The summed E-state index contributed by atoms with van der Waals surface area (Å²) >= 11 is 0. The molecule has 2 rings (SSSR count). The van der Waals surface area contributed by atoms with Gasteiger partial charge in [0.2, 0.25) is 0 Å². The van der Waals surface area contributed by atoms with Crippen molar-refractivity contribution < 1.29 is 28.9 Å². The molecule has 1 aliphatic heterocycles. The molecular weight excluding hydrogens is 252 g/mol. The maximum Gasteiger partial charge on any atom is 0.346 e. The number of ether oxygens (including phenoxy) is 3. The molecule has 0 unspecified atom stereocenters. The summed E-state index contributed by atoms with van der Waals surface area (Å²) in [5.41, 5.74) is 0.548. The van der Waals surface area contributed by atoms with Crippen molar-refractivity contribution in [1.82, 2.24) is 0 Å². The number of carboxylic acids is 1. The third-order valence-corrected chi connectivity index (χ3v) is 2.80. The molecular formula is C13H12O6. The highest BCUT2D eigenvalue weighted by molar-refractivity contribution is 6.21. The molecule has 0 radical (unpaired) electrons. The van der Waals surface area contributed by atoms with Crippen LogP contribution in [0, 0.1) is 0 Å². The van der Waals surface area contributed by atoms with E-state index in [2.05, 4.69) is 0 Å². The lowest BCUT2D eigenvalue weighted by atomic mass is 10.0. The van der Waals surface area contributed by atoms with E-state index in [9.17, 15) is 9.59 Å². The van der Waals surface area contributed by atoms with Gasteiger partial charge >= 0.3 is 11.9 Å². The second-order valence-corrected chi connectivity index (χ2v) is 3.80. The fourth-order valence-corrected chi connectivity index (χ4v) is 1.87. The Morgan fingerprint density at radius 3 is 2.53 bits per heavy atom. The van der Waals surface area contributed by atoms with Crippen LogP contribution in [0.5, 0.6) is 11.5 Å². The molecule has 0 bridgehead atoms. The minimum absolute atomic E-state index is 0.0596. The first-order chi connectivity index (χ1) is 9.08. The summed E-state index contributed by atoms with van der Waals surface area (Å²) in [4.78, 5) is 22.4. The van der Waals surface area contributed by atoms with Crippen LogP contribution in [0.15, 0.2) is 23.8 Å². The van der Waals surface area contributed by atoms with Crippen molar-refractivity contribution >= 4 is 17.5 Å². The maximum absolute atomic E-state index is 11.4. The molecule has 0 fully saturated rings. The van der Waals surface area contributed by atoms with Crippen molar-refractivity contribution in [2.75, 3.05) is 20.8 Å². The SMILES string of the molecule is COc1ccc(C2=C(C(=O)O)C(=O)OC2)cc1OC. The number of cyclic esters (lactones) is 1. The number of carbonyl (C=O) groups excluding carboxylic acids is 1. The van der Waals surface area contributed by atoms with Gasteiger partial charge in [0.05, 0.1) is 14.2 Å². The van der Waals surface area contributed by atoms with Gasteiger partial charge in [-0.1, -0.05) is 6.07 Å². The first kappa shape index (κ1) is 12.9. The molecule has 0 saturated heterocycles. The van der Waals surface area contributed by atoms with Gasteiger partial charge in [0.25, 0.3) is 0 Å². The smallest absolute Gasteiger partial charge is 0.346 e. The number of methoxy groups -OCH3 is 2. The molecule has 0 aromatic heterocycles. The number of hydrogen-bond donors (Lipinski definition) is 1. The van der Waals surface area contributed by atoms with E-state index in [-0.39, 0.29) is 12.2 Å².